The molecule has 32 heavy (non-hydrogen) atoms. The van der Waals surface area contributed by atoms with Gasteiger partial charge in [0.15, 0.2) is 5.78 Å². The van der Waals surface area contributed by atoms with Crippen LogP contribution in [0.15, 0.2) is 60.7 Å². The molecule has 0 aliphatic rings. The lowest BCUT2D eigenvalue weighted by molar-refractivity contribution is -0.0500. The molecule has 3 aromatic carbocycles. The number of hydrogen-bond acceptors (Lipinski definition) is 4. The minimum atomic E-state index is -5.81. The van der Waals surface area contributed by atoms with Crippen LogP contribution in [0, 0.1) is 18.6 Å². The molecule has 0 saturated carbocycles. The summed E-state index contributed by atoms with van der Waals surface area (Å²) in [5.74, 6) is -3.20. The molecule has 0 aromatic heterocycles. The van der Waals surface area contributed by atoms with Gasteiger partial charge in [0.05, 0.1) is 5.56 Å². The minimum Gasteiger partial charge on any atom is -0.376 e. The lowest BCUT2D eigenvalue weighted by Gasteiger charge is -2.12. The highest BCUT2D eigenvalue weighted by atomic mass is 32.2. The number of aryl methyl sites for hydroxylation is 1. The smallest absolute Gasteiger partial charge is 0.376 e. The third-order valence-electron chi connectivity index (χ3n) is 4.57. The van der Waals surface area contributed by atoms with Gasteiger partial charge in [0, 0.05) is 6.42 Å². The van der Waals surface area contributed by atoms with Gasteiger partial charge in [-0.3, -0.25) is 4.79 Å². The van der Waals surface area contributed by atoms with Crippen LogP contribution >= 0.6 is 0 Å². The number of carbonyl (C=O) groups excluding carboxylic acids is 1. The quantitative estimate of drug-likeness (QED) is 0.204. The highest BCUT2D eigenvalue weighted by Gasteiger charge is 2.48. The molecule has 0 heterocycles. The number of Topliss-reactive ketones (excluding diaryl/α,β-unsaturated/α-hetero) is 1. The fraction of sp³-hybridized carbons (Fsp3) is 0.136. The van der Waals surface area contributed by atoms with Crippen molar-refractivity contribution in [2.45, 2.75) is 18.9 Å². The maximum absolute atomic E-state index is 13.8. The minimum absolute atomic E-state index is 0.274. The summed E-state index contributed by atoms with van der Waals surface area (Å²) in [5.41, 5.74) is -4.22. The standard InChI is InChI=1S/C22H15F5O4S/c1-13-5-10-16(31-32(29,30)22(25,26)27)12-17(13)15-8-6-14(7-9-15)11-20(28)21-18(23)3-2-4-19(21)24/h2-10,12H,11H2,1H3. The maximum Gasteiger partial charge on any atom is 0.534 e. The van der Waals surface area contributed by atoms with Crippen LogP contribution in [0.25, 0.3) is 11.1 Å². The highest BCUT2D eigenvalue weighted by molar-refractivity contribution is 7.88. The van der Waals surface area contributed by atoms with E-state index in [0.717, 1.165) is 30.3 Å². The average molecular weight is 470 g/mol. The SMILES string of the molecule is Cc1ccc(OS(=O)(=O)C(F)(F)F)cc1-c1ccc(CC(=O)c2c(F)cccc2F)cc1. The molecule has 4 nitrogen and oxygen atoms in total. The molecule has 0 spiro atoms. The molecular weight excluding hydrogens is 455 g/mol. The van der Waals surface area contributed by atoms with Crippen LogP contribution in [0.3, 0.4) is 0 Å². The second-order valence-corrected chi connectivity index (χ2v) is 8.39. The van der Waals surface area contributed by atoms with Gasteiger partial charge < -0.3 is 4.18 Å². The largest absolute Gasteiger partial charge is 0.534 e. The zero-order chi connectivity index (χ0) is 23.7. The molecule has 0 N–H and O–H groups in total. The van der Waals surface area contributed by atoms with Crippen LogP contribution in [0.2, 0.25) is 0 Å². The van der Waals surface area contributed by atoms with Crippen molar-refractivity contribution in [2.75, 3.05) is 0 Å². The molecule has 0 aliphatic carbocycles. The molecule has 0 radical (unpaired) electrons. The molecule has 0 bridgehead atoms. The van der Waals surface area contributed by atoms with Crippen molar-refractivity contribution in [1.82, 2.24) is 0 Å². The zero-order valence-corrected chi connectivity index (χ0v) is 17.2. The lowest BCUT2D eigenvalue weighted by atomic mass is 9.97. The normalized spacial score (nSPS) is 11.9. The van der Waals surface area contributed by atoms with Gasteiger partial charge in [-0.1, -0.05) is 36.4 Å². The fourth-order valence-corrected chi connectivity index (χ4v) is 3.43. The Morgan fingerprint density at radius 1 is 0.938 bits per heavy atom. The summed E-state index contributed by atoms with van der Waals surface area (Å²) in [6.07, 6.45) is -0.274. The van der Waals surface area contributed by atoms with E-state index < -0.39 is 44.4 Å². The molecular formula is C22H15F5O4S. The Balaban J connectivity index is 1.84. The van der Waals surface area contributed by atoms with Gasteiger partial charge >= 0.3 is 15.6 Å². The van der Waals surface area contributed by atoms with Crippen molar-refractivity contribution in [3.05, 3.63) is 89.0 Å². The van der Waals surface area contributed by atoms with Crippen molar-refractivity contribution < 1.29 is 39.3 Å². The molecule has 0 unspecified atom stereocenters. The summed E-state index contributed by atoms with van der Waals surface area (Å²) in [6, 6.07) is 12.9. The Hall–Kier alpha value is -3.27. The third kappa shape index (κ3) is 4.96. The number of benzene rings is 3. The van der Waals surface area contributed by atoms with Crippen LogP contribution < -0.4 is 4.18 Å². The Bertz CT molecular complexity index is 1250. The number of alkyl halides is 3. The van der Waals surface area contributed by atoms with E-state index in [9.17, 15) is 35.2 Å². The Labute approximate surface area is 180 Å². The van der Waals surface area contributed by atoms with E-state index in [1.54, 1.807) is 19.1 Å². The second kappa shape index (κ2) is 8.70. The third-order valence-corrected chi connectivity index (χ3v) is 5.55. The van der Waals surface area contributed by atoms with E-state index in [4.69, 9.17) is 0 Å². The van der Waals surface area contributed by atoms with Gasteiger partial charge in [-0.15, -0.1) is 0 Å². The van der Waals surface area contributed by atoms with Crippen LogP contribution in [0.5, 0.6) is 5.75 Å². The van der Waals surface area contributed by atoms with Crippen molar-refractivity contribution >= 4 is 15.9 Å². The number of rotatable bonds is 6. The molecule has 3 aromatic rings. The Morgan fingerprint density at radius 3 is 2.09 bits per heavy atom. The van der Waals surface area contributed by atoms with E-state index in [-0.39, 0.29) is 6.42 Å². The average Bonchev–Trinajstić information content (AvgIpc) is 2.69. The van der Waals surface area contributed by atoms with E-state index >= 15 is 0 Å². The predicted octanol–water partition coefficient (Wildman–Crippen LogP) is 5.59. The van der Waals surface area contributed by atoms with Gasteiger partial charge in [-0.05, 0) is 53.4 Å². The molecule has 10 heteroatoms. The summed E-state index contributed by atoms with van der Waals surface area (Å²) in [4.78, 5) is 12.3. The number of hydrogen-bond donors (Lipinski definition) is 0. The summed E-state index contributed by atoms with van der Waals surface area (Å²) in [7, 11) is -5.81. The molecule has 0 aliphatic heterocycles. The van der Waals surface area contributed by atoms with Crippen LogP contribution in [-0.4, -0.2) is 19.7 Å². The molecule has 168 valence electrons. The first-order valence-corrected chi connectivity index (χ1v) is 10.5. The van der Waals surface area contributed by atoms with Crippen LogP contribution in [0.4, 0.5) is 22.0 Å². The lowest BCUT2D eigenvalue weighted by Crippen LogP contribution is -2.28. The molecule has 0 saturated heterocycles. The molecule has 0 fully saturated rings. The molecule has 3 rings (SSSR count). The monoisotopic (exact) mass is 470 g/mol. The van der Waals surface area contributed by atoms with Crippen molar-refractivity contribution in [1.29, 1.82) is 0 Å². The maximum atomic E-state index is 13.8. The number of ketones is 1. The first kappa shape index (κ1) is 23.4. The van der Waals surface area contributed by atoms with Gasteiger partial charge in [0.2, 0.25) is 0 Å². The Kier molecular flexibility index (Phi) is 6.36. The van der Waals surface area contributed by atoms with Crippen molar-refractivity contribution in [3.63, 3.8) is 0 Å². The summed E-state index contributed by atoms with van der Waals surface area (Å²) < 4.78 is 91.9. The zero-order valence-electron chi connectivity index (χ0n) is 16.4. The van der Waals surface area contributed by atoms with E-state index in [2.05, 4.69) is 4.18 Å². The topological polar surface area (TPSA) is 60.4 Å². The van der Waals surface area contributed by atoms with E-state index in [1.165, 1.54) is 18.2 Å². The summed E-state index contributed by atoms with van der Waals surface area (Å²) >= 11 is 0. The summed E-state index contributed by atoms with van der Waals surface area (Å²) in [6.45, 7) is 1.66. The van der Waals surface area contributed by atoms with Gasteiger partial charge in [0.1, 0.15) is 17.4 Å². The van der Waals surface area contributed by atoms with Gasteiger partial charge in [0.25, 0.3) is 0 Å². The van der Waals surface area contributed by atoms with E-state index in [0.29, 0.717) is 22.3 Å². The first-order chi connectivity index (χ1) is 14.9. The van der Waals surface area contributed by atoms with Gasteiger partial charge in [-0.2, -0.15) is 21.6 Å². The van der Waals surface area contributed by atoms with E-state index in [1.807, 2.05) is 0 Å². The van der Waals surface area contributed by atoms with Crippen molar-refractivity contribution in [3.8, 4) is 16.9 Å². The second-order valence-electron chi connectivity index (χ2n) is 6.85. The predicted molar refractivity (Wildman–Crippen MR) is 107 cm³/mol. The fourth-order valence-electron chi connectivity index (χ4n) is 2.98. The Morgan fingerprint density at radius 2 is 1.53 bits per heavy atom. The summed E-state index contributed by atoms with van der Waals surface area (Å²) in [5, 5.41) is 0. The first-order valence-electron chi connectivity index (χ1n) is 9.07. The van der Waals surface area contributed by atoms with Gasteiger partial charge in [-0.25, -0.2) is 8.78 Å². The highest BCUT2D eigenvalue weighted by Crippen LogP contribution is 2.32. The van der Waals surface area contributed by atoms with Crippen molar-refractivity contribution in [2.24, 2.45) is 0 Å². The number of halogens is 5. The molecule has 0 amide bonds. The van der Waals surface area contributed by atoms with Crippen LogP contribution in [0.1, 0.15) is 21.5 Å². The number of carbonyl (C=O) groups is 1. The molecule has 0 atom stereocenters. The van der Waals surface area contributed by atoms with Crippen LogP contribution in [-0.2, 0) is 16.5 Å².